The van der Waals surface area contributed by atoms with Gasteiger partial charge in [-0.2, -0.15) is 0 Å². The van der Waals surface area contributed by atoms with E-state index in [-0.39, 0.29) is 17.2 Å². The highest BCUT2D eigenvalue weighted by atomic mass is 79.9. The van der Waals surface area contributed by atoms with E-state index in [9.17, 15) is 14.9 Å². The van der Waals surface area contributed by atoms with Gasteiger partial charge in [0.05, 0.1) is 23.2 Å². The van der Waals surface area contributed by atoms with Gasteiger partial charge >= 0.3 is 0 Å². The molecule has 6 nitrogen and oxygen atoms in total. The molecular weight excluding hydrogens is 340 g/mol. The predicted molar refractivity (Wildman–Crippen MR) is 81.3 cm³/mol. The quantitative estimate of drug-likeness (QED) is 0.482. The average Bonchev–Trinajstić information content (AvgIpc) is 2.96. The lowest BCUT2D eigenvalue weighted by Crippen LogP contribution is -2.28. The SMILES string of the molecule is O=C(NCCOC1CCCC1)c1cc([N+](=O)[O-])ccc1Br. The zero-order valence-electron chi connectivity index (χ0n) is 11.5. The number of nitrogens with zero attached hydrogens (tertiary/aromatic N) is 1. The number of rotatable bonds is 6. The number of carbonyl (C=O) groups excluding carboxylic acids is 1. The van der Waals surface area contributed by atoms with Crippen molar-refractivity contribution >= 4 is 27.5 Å². The van der Waals surface area contributed by atoms with E-state index in [1.807, 2.05) is 0 Å². The van der Waals surface area contributed by atoms with Gasteiger partial charge in [-0.25, -0.2) is 0 Å². The average molecular weight is 357 g/mol. The smallest absolute Gasteiger partial charge is 0.270 e. The number of benzene rings is 1. The maximum atomic E-state index is 12.0. The van der Waals surface area contributed by atoms with E-state index >= 15 is 0 Å². The lowest BCUT2D eigenvalue weighted by molar-refractivity contribution is -0.384. The number of carbonyl (C=O) groups is 1. The molecule has 7 heteroatoms. The molecule has 1 fully saturated rings. The van der Waals surface area contributed by atoms with Gasteiger partial charge in [0.25, 0.3) is 11.6 Å². The molecule has 0 spiro atoms. The van der Waals surface area contributed by atoms with Crippen LogP contribution in [0.2, 0.25) is 0 Å². The molecule has 1 aliphatic rings. The molecule has 0 bridgehead atoms. The van der Waals surface area contributed by atoms with Crippen molar-refractivity contribution in [1.29, 1.82) is 0 Å². The zero-order valence-corrected chi connectivity index (χ0v) is 13.1. The maximum Gasteiger partial charge on any atom is 0.270 e. The van der Waals surface area contributed by atoms with Crippen LogP contribution in [0, 0.1) is 10.1 Å². The van der Waals surface area contributed by atoms with Crippen LogP contribution in [0.3, 0.4) is 0 Å². The van der Waals surface area contributed by atoms with E-state index in [0.29, 0.717) is 23.7 Å². The van der Waals surface area contributed by atoms with Crippen molar-refractivity contribution < 1.29 is 14.5 Å². The van der Waals surface area contributed by atoms with Crippen molar-refractivity contribution in [1.82, 2.24) is 5.32 Å². The molecule has 0 unspecified atom stereocenters. The molecule has 114 valence electrons. The fourth-order valence-electron chi connectivity index (χ4n) is 2.34. The molecule has 0 heterocycles. The summed E-state index contributed by atoms with van der Waals surface area (Å²) in [5.41, 5.74) is 0.149. The number of amides is 1. The summed E-state index contributed by atoms with van der Waals surface area (Å²) >= 11 is 3.23. The minimum absolute atomic E-state index is 0.106. The second kappa shape index (κ2) is 7.51. The van der Waals surface area contributed by atoms with E-state index < -0.39 is 4.92 Å². The molecule has 1 amide bonds. The van der Waals surface area contributed by atoms with Crippen LogP contribution in [-0.2, 0) is 4.74 Å². The molecule has 0 saturated heterocycles. The lowest BCUT2D eigenvalue weighted by Gasteiger charge is -2.11. The number of nitro benzene ring substituents is 1. The molecule has 21 heavy (non-hydrogen) atoms. The monoisotopic (exact) mass is 356 g/mol. The van der Waals surface area contributed by atoms with Crippen LogP contribution in [0.25, 0.3) is 0 Å². The van der Waals surface area contributed by atoms with Crippen molar-refractivity contribution in [2.24, 2.45) is 0 Å². The van der Waals surface area contributed by atoms with Crippen LogP contribution < -0.4 is 5.32 Å². The van der Waals surface area contributed by atoms with Crippen LogP contribution in [0.15, 0.2) is 22.7 Å². The molecule has 1 saturated carbocycles. The van der Waals surface area contributed by atoms with Crippen molar-refractivity contribution in [2.75, 3.05) is 13.2 Å². The highest BCUT2D eigenvalue weighted by Crippen LogP contribution is 2.22. The first-order valence-corrected chi connectivity index (χ1v) is 7.71. The number of hydrogen-bond acceptors (Lipinski definition) is 4. The first kappa shape index (κ1) is 15.9. The van der Waals surface area contributed by atoms with Gasteiger partial charge in [-0.05, 0) is 34.8 Å². The largest absolute Gasteiger partial charge is 0.376 e. The molecule has 1 aliphatic carbocycles. The summed E-state index contributed by atoms with van der Waals surface area (Å²) in [6.07, 6.45) is 4.90. The molecule has 1 N–H and O–H groups in total. The zero-order chi connectivity index (χ0) is 15.2. The summed E-state index contributed by atoms with van der Waals surface area (Å²) in [7, 11) is 0. The molecule has 0 aliphatic heterocycles. The van der Waals surface area contributed by atoms with E-state index in [1.54, 1.807) is 0 Å². The Labute approximate surface area is 131 Å². The fourth-order valence-corrected chi connectivity index (χ4v) is 2.77. The summed E-state index contributed by atoms with van der Waals surface area (Å²) < 4.78 is 6.18. The van der Waals surface area contributed by atoms with Crippen LogP contribution in [0.1, 0.15) is 36.0 Å². The highest BCUT2D eigenvalue weighted by Gasteiger charge is 2.17. The summed E-state index contributed by atoms with van der Waals surface area (Å²) in [4.78, 5) is 22.2. The maximum absolute atomic E-state index is 12.0. The van der Waals surface area contributed by atoms with Gasteiger partial charge in [-0.3, -0.25) is 14.9 Å². The number of halogens is 1. The number of ether oxygens (including phenoxy) is 1. The second-order valence-corrected chi connectivity index (χ2v) is 5.81. The minimum Gasteiger partial charge on any atom is -0.376 e. The summed E-state index contributed by atoms with van der Waals surface area (Å²) in [6, 6.07) is 4.11. The van der Waals surface area contributed by atoms with Gasteiger partial charge in [-0.1, -0.05) is 12.8 Å². The second-order valence-electron chi connectivity index (χ2n) is 4.95. The van der Waals surface area contributed by atoms with Gasteiger partial charge in [0, 0.05) is 23.2 Å². The van der Waals surface area contributed by atoms with Crippen molar-refractivity contribution in [3.05, 3.63) is 38.3 Å². The van der Waals surface area contributed by atoms with Crippen LogP contribution in [0.4, 0.5) is 5.69 Å². The Hall–Kier alpha value is -1.47. The summed E-state index contributed by atoms with van der Waals surface area (Å²) in [5, 5.41) is 13.4. The number of nitro groups is 1. The van der Waals surface area contributed by atoms with Crippen molar-refractivity contribution in [3.63, 3.8) is 0 Å². The highest BCUT2D eigenvalue weighted by molar-refractivity contribution is 9.10. The van der Waals surface area contributed by atoms with Crippen LogP contribution >= 0.6 is 15.9 Å². The van der Waals surface area contributed by atoms with E-state index in [0.717, 1.165) is 12.8 Å². The van der Waals surface area contributed by atoms with Crippen LogP contribution in [-0.4, -0.2) is 30.1 Å². The standard InChI is InChI=1S/C14H17BrN2O4/c15-13-6-5-10(17(19)20)9-12(13)14(18)16-7-8-21-11-3-1-2-4-11/h5-6,9,11H,1-4,7-8H2,(H,16,18). The summed E-state index contributed by atoms with van der Waals surface area (Å²) in [6.45, 7) is 0.855. The van der Waals surface area contributed by atoms with Crippen molar-refractivity contribution in [2.45, 2.75) is 31.8 Å². The number of nitrogens with one attached hydrogen (secondary N) is 1. The Bertz CT molecular complexity index is 530. The molecule has 2 rings (SSSR count). The Morgan fingerprint density at radius 2 is 2.14 bits per heavy atom. The van der Waals surface area contributed by atoms with Gasteiger partial charge in [-0.15, -0.1) is 0 Å². The lowest BCUT2D eigenvalue weighted by atomic mass is 10.2. The predicted octanol–water partition coefficient (Wildman–Crippen LogP) is 3.05. The summed E-state index contributed by atoms with van der Waals surface area (Å²) in [5.74, 6) is -0.347. The van der Waals surface area contributed by atoms with Crippen molar-refractivity contribution in [3.8, 4) is 0 Å². The molecule has 1 aromatic carbocycles. The third-order valence-electron chi connectivity index (χ3n) is 3.45. The molecule has 1 aromatic rings. The molecular formula is C14H17BrN2O4. The van der Waals surface area contributed by atoms with Gasteiger partial charge in [0.2, 0.25) is 0 Å². The third-order valence-corrected chi connectivity index (χ3v) is 4.14. The first-order chi connectivity index (χ1) is 10.1. The molecule has 0 radical (unpaired) electrons. The number of hydrogen-bond donors (Lipinski definition) is 1. The van der Waals surface area contributed by atoms with E-state index in [2.05, 4.69) is 21.2 Å². The Balaban J connectivity index is 1.84. The van der Waals surface area contributed by atoms with Gasteiger partial charge in [0.15, 0.2) is 0 Å². The minimum atomic E-state index is -0.521. The Kier molecular flexibility index (Phi) is 5.69. The van der Waals surface area contributed by atoms with E-state index in [4.69, 9.17) is 4.74 Å². The fraction of sp³-hybridized carbons (Fsp3) is 0.500. The number of non-ortho nitro benzene ring substituents is 1. The van der Waals surface area contributed by atoms with Crippen LogP contribution in [0.5, 0.6) is 0 Å². The Morgan fingerprint density at radius 3 is 2.81 bits per heavy atom. The van der Waals surface area contributed by atoms with E-state index in [1.165, 1.54) is 31.0 Å². The third kappa shape index (κ3) is 4.50. The Morgan fingerprint density at radius 1 is 1.43 bits per heavy atom. The molecule has 0 aromatic heterocycles. The van der Waals surface area contributed by atoms with Gasteiger partial charge in [0.1, 0.15) is 0 Å². The van der Waals surface area contributed by atoms with Gasteiger partial charge < -0.3 is 10.1 Å². The topological polar surface area (TPSA) is 81.5 Å². The molecule has 0 atom stereocenters. The first-order valence-electron chi connectivity index (χ1n) is 6.91. The normalized spacial score (nSPS) is 15.1.